The van der Waals surface area contributed by atoms with Crippen molar-refractivity contribution in [2.45, 2.75) is 94.4 Å². The highest BCUT2D eigenvalue weighted by atomic mass is 16.5. The summed E-state index contributed by atoms with van der Waals surface area (Å²) in [7, 11) is 1.68. The van der Waals surface area contributed by atoms with E-state index < -0.39 is 5.60 Å². The van der Waals surface area contributed by atoms with Crippen molar-refractivity contribution in [3.8, 4) is 0 Å². The lowest BCUT2D eigenvalue weighted by Gasteiger charge is -2.42. The smallest absolute Gasteiger partial charge is 0.252 e. The molecule has 0 spiro atoms. The fourth-order valence-electron chi connectivity index (χ4n) is 4.86. The zero-order valence-corrected chi connectivity index (χ0v) is 15.1. The van der Waals surface area contributed by atoms with Crippen LogP contribution in [0.15, 0.2) is 0 Å². The van der Waals surface area contributed by atoms with Crippen LogP contribution in [0, 0.1) is 0 Å². The lowest BCUT2D eigenvalue weighted by molar-refractivity contribution is -0.148. The summed E-state index contributed by atoms with van der Waals surface area (Å²) in [4.78, 5) is 15.2. The highest BCUT2D eigenvalue weighted by Gasteiger charge is 2.41. The number of hydrogen-bond acceptors (Lipinski definition) is 4. The third kappa shape index (κ3) is 3.94. The quantitative estimate of drug-likeness (QED) is 0.825. The minimum absolute atomic E-state index is 0.0980. The van der Waals surface area contributed by atoms with E-state index >= 15 is 0 Å². The first kappa shape index (κ1) is 18.2. The average molecular weight is 338 g/mol. The van der Waals surface area contributed by atoms with Crippen LogP contribution in [0.25, 0.3) is 0 Å². The van der Waals surface area contributed by atoms with Crippen molar-refractivity contribution in [1.82, 2.24) is 10.2 Å². The Morgan fingerprint density at radius 1 is 1.04 bits per heavy atom. The number of nitrogens with zero attached hydrogens (tertiary/aromatic N) is 1. The normalized spacial score (nSPS) is 32.4. The Morgan fingerprint density at radius 3 is 2.33 bits per heavy atom. The van der Waals surface area contributed by atoms with Crippen molar-refractivity contribution in [3.05, 3.63) is 0 Å². The van der Waals surface area contributed by atoms with Gasteiger partial charge in [0.25, 0.3) is 5.91 Å². The number of methoxy groups -OCH3 is 1. The number of carbonyl (C=O) groups excluding carboxylic acids is 1. The summed E-state index contributed by atoms with van der Waals surface area (Å²) in [6.45, 7) is 1.96. The van der Waals surface area contributed by atoms with Crippen LogP contribution < -0.4 is 5.32 Å². The van der Waals surface area contributed by atoms with Gasteiger partial charge in [-0.2, -0.15) is 0 Å². The van der Waals surface area contributed by atoms with Crippen molar-refractivity contribution < 1.29 is 14.6 Å². The van der Waals surface area contributed by atoms with Crippen molar-refractivity contribution in [2.24, 2.45) is 0 Å². The third-order valence-electron chi connectivity index (χ3n) is 6.49. The van der Waals surface area contributed by atoms with Crippen LogP contribution in [-0.4, -0.2) is 59.9 Å². The Balaban J connectivity index is 1.49. The minimum Gasteiger partial charge on any atom is -0.391 e. The number of piperidine rings is 1. The SMILES string of the molecule is COC1(C(=O)NC2CCN([C@@H]3CCCC[C@@H]3O)CC2)CCCCC1. The molecule has 1 aliphatic heterocycles. The second-order valence-corrected chi connectivity index (χ2v) is 7.96. The van der Waals surface area contributed by atoms with Crippen LogP contribution in [0.1, 0.15) is 70.6 Å². The number of rotatable bonds is 4. The number of amides is 1. The zero-order chi connectivity index (χ0) is 17.0. The first-order valence-electron chi connectivity index (χ1n) is 9.93. The van der Waals surface area contributed by atoms with E-state index in [0.29, 0.717) is 6.04 Å². The first-order chi connectivity index (χ1) is 11.6. The maximum Gasteiger partial charge on any atom is 0.252 e. The Bertz CT molecular complexity index is 415. The van der Waals surface area contributed by atoms with Gasteiger partial charge in [0.2, 0.25) is 0 Å². The van der Waals surface area contributed by atoms with Gasteiger partial charge in [0.1, 0.15) is 5.60 Å². The standard InChI is InChI=1S/C19H34N2O3/c1-24-19(11-5-2-6-12-19)18(23)20-15-9-13-21(14-10-15)16-7-3-4-8-17(16)22/h15-17,22H,2-14H2,1H3,(H,20,23)/t16-,17+/m1/s1. The maximum atomic E-state index is 12.8. The highest BCUT2D eigenvalue weighted by Crippen LogP contribution is 2.32. The van der Waals surface area contributed by atoms with E-state index in [9.17, 15) is 9.90 Å². The molecule has 2 aliphatic carbocycles. The van der Waals surface area contributed by atoms with Gasteiger partial charge in [0.05, 0.1) is 6.10 Å². The van der Waals surface area contributed by atoms with Crippen LogP contribution >= 0.6 is 0 Å². The first-order valence-corrected chi connectivity index (χ1v) is 9.93. The summed E-state index contributed by atoms with van der Waals surface area (Å²) in [6.07, 6.45) is 11.3. The van der Waals surface area contributed by atoms with Gasteiger partial charge in [-0.05, 0) is 38.5 Å². The fraction of sp³-hybridized carbons (Fsp3) is 0.947. The molecule has 0 bridgehead atoms. The predicted octanol–water partition coefficient (Wildman–Crippen LogP) is 2.22. The molecule has 1 saturated heterocycles. The summed E-state index contributed by atoms with van der Waals surface area (Å²) in [5.74, 6) is 0.0980. The van der Waals surface area contributed by atoms with Crippen LogP contribution in [-0.2, 0) is 9.53 Å². The third-order valence-corrected chi connectivity index (χ3v) is 6.49. The van der Waals surface area contributed by atoms with E-state index in [1.807, 2.05) is 0 Å². The Labute approximate surface area is 146 Å². The van der Waals surface area contributed by atoms with Gasteiger partial charge in [-0.15, -0.1) is 0 Å². The molecule has 3 fully saturated rings. The molecule has 138 valence electrons. The molecule has 2 saturated carbocycles. The predicted molar refractivity (Wildman–Crippen MR) is 93.8 cm³/mol. The van der Waals surface area contributed by atoms with Crippen LogP contribution in [0.5, 0.6) is 0 Å². The Kier molecular flexibility index (Phi) is 6.17. The van der Waals surface area contributed by atoms with Crippen molar-refractivity contribution in [1.29, 1.82) is 0 Å². The van der Waals surface area contributed by atoms with Gasteiger partial charge in [-0.1, -0.05) is 32.1 Å². The van der Waals surface area contributed by atoms with E-state index in [4.69, 9.17) is 4.74 Å². The van der Waals surface area contributed by atoms with Crippen LogP contribution in [0.4, 0.5) is 0 Å². The lowest BCUT2D eigenvalue weighted by Crippen LogP contribution is -2.56. The van der Waals surface area contributed by atoms with Gasteiger partial charge >= 0.3 is 0 Å². The van der Waals surface area contributed by atoms with Gasteiger partial charge in [-0.3, -0.25) is 9.69 Å². The number of hydrogen-bond donors (Lipinski definition) is 2. The van der Waals surface area contributed by atoms with E-state index in [1.165, 1.54) is 12.8 Å². The average Bonchev–Trinajstić information content (AvgIpc) is 2.63. The largest absolute Gasteiger partial charge is 0.391 e. The summed E-state index contributed by atoms with van der Waals surface area (Å²) in [5, 5.41) is 13.5. The zero-order valence-electron chi connectivity index (χ0n) is 15.1. The number of aliphatic hydroxyl groups is 1. The summed E-state index contributed by atoms with van der Waals surface area (Å²) in [5.41, 5.74) is -0.588. The van der Waals surface area contributed by atoms with Gasteiger partial charge in [0, 0.05) is 32.3 Å². The molecule has 2 atom stereocenters. The Morgan fingerprint density at radius 2 is 1.71 bits per heavy atom. The van der Waals surface area contributed by atoms with Crippen LogP contribution in [0.3, 0.4) is 0 Å². The molecule has 0 unspecified atom stereocenters. The fourth-order valence-corrected chi connectivity index (χ4v) is 4.86. The second kappa shape index (κ2) is 8.15. The number of ether oxygens (including phenoxy) is 1. The molecule has 5 nitrogen and oxygen atoms in total. The molecule has 0 radical (unpaired) electrons. The minimum atomic E-state index is -0.588. The number of nitrogens with one attached hydrogen (secondary N) is 1. The topological polar surface area (TPSA) is 61.8 Å². The molecule has 0 aromatic heterocycles. The van der Waals surface area contributed by atoms with Crippen molar-refractivity contribution >= 4 is 5.91 Å². The molecule has 1 heterocycles. The number of aliphatic hydroxyl groups excluding tert-OH is 1. The number of likely N-dealkylation sites (tertiary alicyclic amines) is 1. The molecule has 3 rings (SSSR count). The van der Waals surface area contributed by atoms with Gasteiger partial charge < -0.3 is 15.2 Å². The Hall–Kier alpha value is -0.650. The molecule has 24 heavy (non-hydrogen) atoms. The second-order valence-electron chi connectivity index (χ2n) is 7.96. The molecule has 0 aromatic rings. The van der Waals surface area contributed by atoms with E-state index in [1.54, 1.807) is 7.11 Å². The van der Waals surface area contributed by atoms with Crippen molar-refractivity contribution in [3.63, 3.8) is 0 Å². The van der Waals surface area contributed by atoms with Crippen LogP contribution in [0.2, 0.25) is 0 Å². The molecule has 0 aromatic carbocycles. The highest BCUT2D eigenvalue weighted by molar-refractivity contribution is 5.85. The monoisotopic (exact) mass is 338 g/mol. The summed E-state index contributed by atoms with van der Waals surface area (Å²) in [6, 6.07) is 0.586. The molecular weight excluding hydrogens is 304 g/mol. The van der Waals surface area contributed by atoms with Crippen molar-refractivity contribution in [2.75, 3.05) is 20.2 Å². The number of carbonyl (C=O) groups is 1. The molecule has 1 amide bonds. The molecule has 3 aliphatic rings. The van der Waals surface area contributed by atoms with Gasteiger partial charge in [0.15, 0.2) is 0 Å². The summed E-state index contributed by atoms with van der Waals surface area (Å²) >= 11 is 0. The van der Waals surface area contributed by atoms with E-state index in [2.05, 4.69) is 10.2 Å². The maximum absolute atomic E-state index is 12.8. The van der Waals surface area contributed by atoms with Gasteiger partial charge in [-0.25, -0.2) is 0 Å². The molecule has 2 N–H and O–H groups in total. The lowest BCUT2D eigenvalue weighted by atomic mass is 9.83. The van der Waals surface area contributed by atoms with E-state index in [0.717, 1.165) is 70.9 Å². The summed E-state index contributed by atoms with van der Waals surface area (Å²) < 4.78 is 5.66. The van der Waals surface area contributed by atoms with E-state index in [-0.39, 0.29) is 18.1 Å². The molecular formula is C19H34N2O3. The molecule has 5 heteroatoms.